The van der Waals surface area contributed by atoms with Crippen molar-refractivity contribution in [3.05, 3.63) is 52.7 Å². The molecule has 1 fully saturated rings. The summed E-state index contributed by atoms with van der Waals surface area (Å²) in [6.07, 6.45) is 3.36. The predicted octanol–water partition coefficient (Wildman–Crippen LogP) is 3.27. The number of amides is 1. The average molecular weight is 434 g/mol. The molecular weight excluding hydrogens is 402 g/mol. The van der Waals surface area contributed by atoms with Crippen LogP contribution in [0.4, 0.5) is 11.5 Å². The molecule has 2 aromatic rings. The maximum Gasteiger partial charge on any atom is 0.255 e. The average Bonchev–Trinajstić information content (AvgIpc) is 3.07. The lowest BCUT2D eigenvalue weighted by atomic mass is 9.68. The van der Waals surface area contributed by atoms with E-state index in [-0.39, 0.29) is 11.3 Å². The van der Waals surface area contributed by atoms with Crippen LogP contribution in [-0.4, -0.2) is 53.8 Å². The summed E-state index contributed by atoms with van der Waals surface area (Å²) in [6, 6.07) is 8.78. The number of hydrogen-bond acceptors (Lipinski definition) is 6. The number of aliphatic hydroxyl groups is 1. The van der Waals surface area contributed by atoms with Crippen LogP contribution in [-0.2, 0) is 5.41 Å². The number of carbonyl (C=O) groups excluding carboxylic acids is 1. The first kappa shape index (κ1) is 22.3. The molecule has 168 valence electrons. The standard InChI is InChI=1S/C25H31N5O2/c1-16-21(28-24(32)19-7-5-6-18(12-19)13-26)14-27-23-22(16)25(3,15-29(23)4)20-8-10-30(11-9-20)17(2)31/h5-7,12,14,17,20,31H,8-11,15H2,1-4H3,(H,28,32)/t17-,25?/m0/s1. The number of rotatable bonds is 4. The van der Waals surface area contributed by atoms with Gasteiger partial charge in [-0.05, 0) is 56.4 Å². The van der Waals surface area contributed by atoms with Crippen molar-refractivity contribution in [3.63, 3.8) is 0 Å². The van der Waals surface area contributed by atoms with Crippen molar-refractivity contribution < 1.29 is 9.90 Å². The van der Waals surface area contributed by atoms with Crippen LogP contribution in [0.15, 0.2) is 30.5 Å². The minimum Gasteiger partial charge on any atom is -0.379 e. The molecule has 4 rings (SSSR count). The number of anilines is 2. The number of fused-ring (bicyclic) bond motifs is 1. The molecule has 0 saturated carbocycles. The SMILES string of the molecule is Cc1c(NC(=O)c2cccc(C#N)c2)cnc2c1C(C)(C1CCN([C@H](C)O)CC1)CN2C. The van der Waals surface area contributed by atoms with Crippen LogP contribution in [0.25, 0.3) is 0 Å². The molecule has 2 aliphatic heterocycles. The molecule has 0 bridgehead atoms. The number of carbonyl (C=O) groups is 1. The fraction of sp³-hybridized carbons (Fsp3) is 0.480. The van der Waals surface area contributed by atoms with Crippen LogP contribution >= 0.6 is 0 Å². The smallest absolute Gasteiger partial charge is 0.255 e. The quantitative estimate of drug-likeness (QED) is 0.769. The summed E-state index contributed by atoms with van der Waals surface area (Å²) < 4.78 is 0. The van der Waals surface area contributed by atoms with E-state index in [9.17, 15) is 9.90 Å². The molecule has 3 heterocycles. The molecule has 1 saturated heterocycles. The molecule has 1 amide bonds. The maximum atomic E-state index is 12.9. The number of nitriles is 1. The molecule has 7 heteroatoms. The molecule has 1 unspecified atom stereocenters. The number of piperidine rings is 1. The number of pyridine rings is 1. The zero-order valence-electron chi connectivity index (χ0n) is 19.2. The number of benzene rings is 1. The van der Waals surface area contributed by atoms with Crippen molar-refractivity contribution in [3.8, 4) is 6.07 Å². The van der Waals surface area contributed by atoms with E-state index in [4.69, 9.17) is 10.2 Å². The second-order valence-corrected chi connectivity index (χ2v) is 9.36. The van der Waals surface area contributed by atoms with Crippen molar-refractivity contribution in [2.24, 2.45) is 5.92 Å². The Morgan fingerprint density at radius 2 is 2.09 bits per heavy atom. The summed E-state index contributed by atoms with van der Waals surface area (Å²) in [6.45, 7) is 8.86. The Labute approximate surface area is 189 Å². The molecule has 1 aromatic heterocycles. The first-order chi connectivity index (χ1) is 15.2. The van der Waals surface area contributed by atoms with Gasteiger partial charge in [0.25, 0.3) is 5.91 Å². The lowest BCUT2D eigenvalue weighted by molar-refractivity contribution is -0.0108. The number of aromatic nitrogens is 1. The third-order valence-electron chi connectivity index (χ3n) is 7.28. The van der Waals surface area contributed by atoms with E-state index in [1.165, 1.54) is 5.56 Å². The highest BCUT2D eigenvalue weighted by molar-refractivity contribution is 6.05. The van der Waals surface area contributed by atoms with Gasteiger partial charge in [-0.25, -0.2) is 4.98 Å². The monoisotopic (exact) mass is 433 g/mol. The molecule has 1 aromatic carbocycles. The highest BCUT2D eigenvalue weighted by Gasteiger charge is 2.46. The van der Waals surface area contributed by atoms with Crippen LogP contribution in [0.3, 0.4) is 0 Å². The van der Waals surface area contributed by atoms with Crippen molar-refractivity contribution in [1.29, 1.82) is 5.26 Å². The van der Waals surface area contributed by atoms with E-state index in [2.05, 4.69) is 42.1 Å². The fourth-order valence-corrected chi connectivity index (χ4v) is 5.50. The van der Waals surface area contributed by atoms with Gasteiger partial charge in [-0.2, -0.15) is 5.26 Å². The number of hydrogen-bond donors (Lipinski definition) is 2. The van der Waals surface area contributed by atoms with Gasteiger partial charge in [0.2, 0.25) is 0 Å². The highest BCUT2D eigenvalue weighted by atomic mass is 16.3. The van der Waals surface area contributed by atoms with Gasteiger partial charge in [-0.15, -0.1) is 0 Å². The third kappa shape index (κ3) is 3.85. The molecule has 0 radical (unpaired) electrons. The van der Waals surface area contributed by atoms with Crippen molar-refractivity contribution >= 4 is 17.4 Å². The minimum atomic E-state index is -0.410. The van der Waals surface area contributed by atoms with Crippen molar-refractivity contribution in [2.75, 3.05) is 36.9 Å². The maximum absolute atomic E-state index is 12.9. The predicted molar refractivity (Wildman–Crippen MR) is 125 cm³/mol. The minimum absolute atomic E-state index is 0.0760. The van der Waals surface area contributed by atoms with E-state index in [0.29, 0.717) is 22.7 Å². The van der Waals surface area contributed by atoms with Crippen LogP contribution in [0.5, 0.6) is 0 Å². The lowest BCUT2D eigenvalue weighted by Crippen LogP contribution is -2.46. The molecule has 2 aliphatic rings. The van der Waals surface area contributed by atoms with Crippen molar-refractivity contribution in [2.45, 2.75) is 45.3 Å². The van der Waals surface area contributed by atoms with Gasteiger partial charge < -0.3 is 15.3 Å². The van der Waals surface area contributed by atoms with Crippen LogP contribution < -0.4 is 10.2 Å². The molecule has 7 nitrogen and oxygen atoms in total. The van der Waals surface area contributed by atoms with Crippen molar-refractivity contribution in [1.82, 2.24) is 9.88 Å². The second-order valence-electron chi connectivity index (χ2n) is 9.36. The largest absolute Gasteiger partial charge is 0.379 e. The Balaban J connectivity index is 1.63. The molecule has 0 aliphatic carbocycles. The zero-order chi connectivity index (χ0) is 23.0. The molecule has 0 spiro atoms. The zero-order valence-corrected chi connectivity index (χ0v) is 19.2. The first-order valence-corrected chi connectivity index (χ1v) is 11.2. The molecular formula is C25H31N5O2. The number of likely N-dealkylation sites (tertiary alicyclic amines) is 1. The van der Waals surface area contributed by atoms with Gasteiger partial charge in [-0.1, -0.05) is 13.0 Å². The third-order valence-corrected chi connectivity index (χ3v) is 7.28. The van der Waals surface area contributed by atoms with Crippen LogP contribution in [0.2, 0.25) is 0 Å². The highest BCUT2D eigenvalue weighted by Crippen LogP contribution is 2.49. The van der Waals surface area contributed by atoms with Gasteiger partial charge in [0.15, 0.2) is 0 Å². The lowest BCUT2D eigenvalue weighted by Gasteiger charge is -2.42. The number of likely N-dealkylation sites (N-methyl/N-ethyl adjacent to an activating group) is 1. The Hall–Kier alpha value is -2.95. The van der Waals surface area contributed by atoms with Crippen LogP contribution in [0, 0.1) is 24.2 Å². The Morgan fingerprint density at radius 3 is 2.75 bits per heavy atom. The summed E-state index contributed by atoms with van der Waals surface area (Å²) in [4.78, 5) is 21.9. The summed E-state index contributed by atoms with van der Waals surface area (Å²) in [5.41, 5.74) is 3.80. The second kappa shape index (κ2) is 8.53. The Bertz CT molecular complexity index is 1070. The van der Waals surface area contributed by atoms with Gasteiger partial charge >= 0.3 is 0 Å². The molecule has 2 N–H and O–H groups in total. The summed E-state index contributed by atoms with van der Waals surface area (Å²) in [5, 5.41) is 22.1. The topological polar surface area (TPSA) is 92.5 Å². The summed E-state index contributed by atoms with van der Waals surface area (Å²) >= 11 is 0. The summed E-state index contributed by atoms with van der Waals surface area (Å²) in [5.74, 6) is 1.21. The number of aliphatic hydroxyl groups excluding tert-OH is 1. The van der Waals surface area contributed by atoms with E-state index in [1.54, 1.807) is 30.5 Å². The van der Waals surface area contributed by atoms with Gasteiger partial charge in [0.1, 0.15) is 12.0 Å². The first-order valence-electron chi connectivity index (χ1n) is 11.2. The number of nitrogens with one attached hydrogen (secondary N) is 1. The van der Waals surface area contributed by atoms with Gasteiger partial charge in [-0.3, -0.25) is 9.69 Å². The normalized spacial score (nSPS) is 22.3. The van der Waals surface area contributed by atoms with E-state index in [1.807, 2.05) is 6.92 Å². The van der Waals surface area contributed by atoms with E-state index >= 15 is 0 Å². The number of nitrogens with zero attached hydrogens (tertiary/aromatic N) is 4. The van der Waals surface area contributed by atoms with Gasteiger partial charge in [0, 0.05) is 43.2 Å². The Morgan fingerprint density at radius 1 is 1.38 bits per heavy atom. The molecule has 32 heavy (non-hydrogen) atoms. The summed E-state index contributed by atoms with van der Waals surface area (Å²) in [7, 11) is 2.08. The van der Waals surface area contributed by atoms with E-state index in [0.717, 1.165) is 43.9 Å². The van der Waals surface area contributed by atoms with Gasteiger partial charge in [0.05, 0.1) is 23.5 Å². The Kier molecular flexibility index (Phi) is 5.93. The van der Waals surface area contributed by atoms with Crippen LogP contribution in [0.1, 0.15) is 53.7 Å². The van der Waals surface area contributed by atoms with E-state index < -0.39 is 6.23 Å². The fourth-order valence-electron chi connectivity index (χ4n) is 5.50. The molecule has 2 atom stereocenters.